The first-order chi connectivity index (χ1) is 14.2. The molecule has 2 aromatic heterocycles. The van der Waals surface area contributed by atoms with Gasteiger partial charge >= 0.3 is 0 Å². The van der Waals surface area contributed by atoms with E-state index in [-0.39, 0.29) is 17.7 Å². The number of rotatable bonds is 5. The summed E-state index contributed by atoms with van der Waals surface area (Å²) in [4.78, 5) is 34.8. The monoisotopic (exact) mass is 427 g/mol. The molecule has 2 aliphatic rings. The van der Waals surface area contributed by atoms with Gasteiger partial charge in [0, 0.05) is 42.9 Å². The third-order valence-electron chi connectivity index (χ3n) is 5.55. The highest BCUT2D eigenvalue weighted by molar-refractivity contribution is 7.99. The van der Waals surface area contributed by atoms with Gasteiger partial charge in [0.1, 0.15) is 5.52 Å². The van der Waals surface area contributed by atoms with E-state index in [1.807, 2.05) is 40.1 Å². The molecule has 1 aliphatic heterocycles. The summed E-state index contributed by atoms with van der Waals surface area (Å²) in [6.07, 6.45) is 0.958. The van der Waals surface area contributed by atoms with Gasteiger partial charge in [-0.25, -0.2) is 4.98 Å². The van der Waals surface area contributed by atoms with Gasteiger partial charge in [0.15, 0.2) is 5.58 Å². The average Bonchev–Trinajstić information content (AvgIpc) is 3.16. The summed E-state index contributed by atoms with van der Waals surface area (Å²) in [5, 5.41) is 2.58. The number of oxazole rings is 1. The van der Waals surface area contributed by atoms with Crippen molar-refractivity contribution in [2.24, 2.45) is 5.92 Å². The van der Waals surface area contributed by atoms with Gasteiger partial charge in [0.05, 0.1) is 5.75 Å². The Labute approximate surface area is 176 Å². The minimum absolute atomic E-state index is 0.0623. The Morgan fingerprint density at radius 1 is 1.10 bits per heavy atom. The number of aromatic nitrogens is 1. The molecular formula is C21H21N3O3S2. The molecular weight excluding hydrogens is 406 g/mol. The highest BCUT2D eigenvalue weighted by atomic mass is 32.2. The molecule has 1 saturated heterocycles. The van der Waals surface area contributed by atoms with Gasteiger partial charge in [-0.1, -0.05) is 30.0 Å². The molecule has 150 valence electrons. The number of thiophene rings is 1. The van der Waals surface area contributed by atoms with Crippen molar-refractivity contribution >= 4 is 46.0 Å². The number of hydrogen-bond acceptors (Lipinski definition) is 6. The Hall–Kier alpha value is -2.32. The fourth-order valence-electron chi connectivity index (χ4n) is 3.82. The van der Waals surface area contributed by atoms with E-state index in [4.69, 9.17) is 4.42 Å². The SMILES string of the molecule is O=C(CSc1nc2ccccc2o1)N1CCN(C(=O)[C@@H]2C[C@H]2c2cccs2)CC1. The number of benzene rings is 1. The number of thioether (sulfide) groups is 1. The van der Waals surface area contributed by atoms with E-state index in [1.165, 1.54) is 16.6 Å². The molecule has 1 aromatic carbocycles. The van der Waals surface area contributed by atoms with E-state index in [0.29, 0.717) is 43.1 Å². The number of amides is 2. The minimum Gasteiger partial charge on any atom is -0.431 e. The molecule has 3 heterocycles. The predicted octanol–water partition coefficient (Wildman–Crippen LogP) is 3.46. The lowest BCUT2D eigenvalue weighted by Crippen LogP contribution is -2.51. The standard InChI is InChI=1S/C21H21N3O3S2/c25-19(13-29-21-22-16-4-1-2-5-17(16)27-21)23-7-9-24(10-8-23)20(26)15-12-14(15)18-6-3-11-28-18/h1-6,11,14-15H,7-10,12-13H2/t14-,15-/m1/s1. The number of fused-ring (bicyclic) bond motifs is 1. The highest BCUT2D eigenvalue weighted by Gasteiger charge is 2.46. The molecule has 0 spiro atoms. The molecule has 3 aromatic rings. The Balaban J connectivity index is 1.10. The minimum atomic E-state index is 0.0623. The number of hydrogen-bond donors (Lipinski definition) is 0. The molecule has 29 heavy (non-hydrogen) atoms. The van der Waals surface area contributed by atoms with E-state index in [9.17, 15) is 9.59 Å². The van der Waals surface area contributed by atoms with Crippen LogP contribution in [0.2, 0.25) is 0 Å². The molecule has 1 aliphatic carbocycles. The summed E-state index contributed by atoms with van der Waals surface area (Å²) in [5.74, 6) is 1.13. The van der Waals surface area contributed by atoms with Gasteiger partial charge in [-0.3, -0.25) is 9.59 Å². The van der Waals surface area contributed by atoms with Gasteiger partial charge < -0.3 is 14.2 Å². The normalized spacial score (nSPS) is 21.5. The number of carbonyl (C=O) groups is 2. The molecule has 8 heteroatoms. The summed E-state index contributed by atoms with van der Waals surface area (Å²) >= 11 is 3.05. The van der Waals surface area contributed by atoms with Crippen LogP contribution in [-0.4, -0.2) is 58.5 Å². The van der Waals surface area contributed by atoms with E-state index < -0.39 is 0 Å². The molecule has 0 unspecified atom stereocenters. The Morgan fingerprint density at radius 2 is 1.90 bits per heavy atom. The maximum atomic E-state index is 12.7. The maximum absolute atomic E-state index is 12.7. The molecule has 5 rings (SSSR count). The summed E-state index contributed by atoms with van der Waals surface area (Å²) in [6, 6.07) is 11.7. The van der Waals surface area contributed by atoms with Crippen molar-refractivity contribution in [2.45, 2.75) is 17.6 Å². The second kappa shape index (κ2) is 7.84. The lowest BCUT2D eigenvalue weighted by Gasteiger charge is -2.35. The van der Waals surface area contributed by atoms with Gasteiger partial charge in [-0.05, 0) is 30.0 Å². The molecule has 0 bridgehead atoms. The van der Waals surface area contributed by atoms with Crippen LogP contribution in [0, 0.1) is 5.92 Å². The van der Waals surface area contributed by atoms with Crippen molar-refractivity contribution in [3.8, 4) is 0 Å². The Bertz CT molecular complexity index is 992. The third-order valence-corrected chi connectivity index (χ3v) is 7.37. The van der Waals surface area contributed by atoms with E-state index >= 15 is 0 Å². The lowest BCUT2D eigenvalue weighted by atomic mass is 10.2. The molecule has 6 nitrogen and oxygen atoms in total. The largest absolute Gasteiger partial charge is 0.431 e. The quantitative estimate of drug-likeness (QED) is 0.584. The van der Waals surface area contributed by atoms with Crippen molar-refractivity contribution in [3.05, 3.63) is 46.7 Å². The average molecular weight is 428 g/mol. The summed E-state index contributed by atoms with van der Waals surface area (Å²) in [5.41, 5.74) is 1.53. The van der Waals surface area contributed by atoms with Crippen LogP contribution in [0.5, 0.6) is 0 Å². The highest BCUT2D eigenvalue weighted by Crippen LogP contribution is 2.50. The van der Waals surface area contributed by atoms with Crippen LogP contribution in [-0.2, 0) is 9.59 Å². The predicted molar refractivity (Wildman–Crippen MR) is 113 cm³/mol. The number of carbonyl (C=O) groups excluding carboxylic acids is 2. The van der Waals surface area contributed by atoms with E-state index in [1.54, 1.807) is 11.3 Å². The number of piperazine rings is 1. The summed E-state index contributed by atoms with van der Waals surface area (Å²) in [7, 11) is 0. The first kappa shape index (κ1) is 18.7. The molecule has 2 amide bonds. The van der Waals surface area contributed by atoms with Gasteiger partial charge in [0.2, 0.25) is 11.8 Å². The topological polar surface area (TPSA) is 66.7 Å². The Kier molecular flexibility index (Phi) is 5.05. The zero-order chi connectivity index (χ0) is 19.8. The Morgan fingerprint density at radius 3 is 2.66 bits per heavy atom. The van der Waals surface area contributed by atoms with Crippen LogP contribution >= 0.6 is 23.1 Å². The van der Waals surface area contributed by atoms with Crippen molar-refractivity contribution in [3.63, 3.8) is 0 Å². The second-order valence-electron chi connectivity index (χ2n) is 7.41. The van der Waals surface area contributed by atoms with Crippen LogP contribution in [0.4, 0.5) is 0 Å². The van der Waals surface area contributed by atoms with Gasteiger partial charge in [0.25, 0.3) is 5.22 Å². The zero-order valence-corrected chi connectivity index (χ0v) is 17.5. The number of nitrogens with zero attached hydrogens (tertiary/aromatic N) is 3. The van der Waals surface area contributed by atoms with Crippen LogP contribution in [0.1, 0.15) is 17.2 Å². The molecule has 2 fully saturated rings. The van der Waals surface area contributed by atoms with Crippen LogP contribution < -0.4 is 0 Å². The van der Waals surface area contributed by atoms with Crippen molar-refractivity contribution in [1.82, 2.24) is 14.8 Å². The van der Waals surface area contributed by atoms with Crippen molar-refractivity contribution < 1.29 is 14.0 Å². The number of para-hydroxylation sites is 2. The summed E-state index contributed by atoms with van der Waals surface area (Å²) in [6.45, 7) is 2.42. The van der Waals surface area contributed by atoms with Crippen molar-refractivity contribution in [2.75, 3.05) is 31.9 Å². The molecule has 0 N–H and O–H groups in total. The fourth-order valence-corrected chi connectivity index (χ4v) is 5.47. The fraction of sp³-hybridized carbons (Fsp3) is 0.381. The smallest absolute Gasteiger partial charge is 0.257 e. The molecule has 2 atom stereocenters. The molecule has 1 saturated carbocycles. The zero-order valence-electron chi connectivity index (χ0n) is 15.8. The first-order valence-corrected chi connectivity index (χ1v) is 11.6. The van der Waals surface area contributed by atoms with Crippen molar-refractivity contribution in [1.29, 1.82) is 0 Å². The van der Waals surface area contributed by atoms with Gasteiger partial charge in [-0.2, -0.15) is 0 Å². The molecule has 0 radical (unpaired) electrons. The van der Waals surface area contributed by atoms with Crippen LogP contribution in [0.25, 0.3) is 11.1 Å². The van der Waals surface area contributed by atoms with Crippen LogP contribution in [0.15, 0.2) is 51.4 Å². The second-order valence-corrected chi connectivity index (χ2v) is 9.31. The van der Waals surface area contributed by atoms with E-state index in [0.717, 1.165) is 17.5 Å². The van der Waals surface area contributed by atoms with E-state index in [2.05, 4.69) is 16.4 Å². The maximum Gasteiger partial charge on any atom is 0.257 e. The third kappa shape index (κ3) is 3.91. The first-order valence-electron chi connectivity index (χ1n) is 9.77. The van der Waals surface area contributed by atoms with Gasteiger partial charge in [-0.15, -0.1) is 11.3 Å². The summed E-state index contributed by atoms with van der Waals surface area (Å²) < 4.78 is 5.66. The lowest BCUT2D eigenvalue weighted by molar-refractivity contribution is -0.139. The van der Waals surface area contributed by atoms with Crippen LogP contribution in [0.3, 0.4) is 0 Å².